The minimum absolute atomic E-state index is 0.0260. The molecule has 0 amide bonds. The summed E-state index contributed by atoms with van der Waals surface area (Å²) < 4.78 is 10.4. The Morgan fingerprint density at radius 2 is 1.95 bits per heavy atom. The lowest BCUT2D eigenvalue weighted by atomic mass is 9.97. The number of hydrogen-bond acceptors (Lipinski definition) is 4. The molecule has 1 unspecified atom stereocenters. The zero-order valence-corrected chi connectivity index (χ0v) is 11.7. The molecule has 0 radical (unpaired) electrons. The summed E-state index contributed by atoms with van der Waals surface area (Å²) in [6.07, 6.45) is 7.87. The summed E-state index contributed by atoms with van der Waals surface area (Å²) in [5.74, 6) is -1.72. The molecule has 0 N–H and O–H groups in total. The van der Waals surface area contributed by atoms with Gasteiger partial charge in [0, 0.05) is 0 Å². The smallest absolute Gasteiger partial charge is 0.320 e. The summed E-state index contributed by atoms with van der Waals surface area (Å²) in [4.78, 5) is 23.9. The number of hydrogen-bond donors (Lipinski definition) is 0. The Morgan fingerprint density at radius 1 is 1.26 bits per heavy atom. The van der Waals surface area contributed by atoms with Gasteiger partial charge in [0.05, 0.1) is 6.61 Å². The van der Waals surface area contributed by atoms with Gasteiger partial charge in [-0.1, -0.05) is 12.5 Å². The maximum absolute atomic E-state index is 12.1. The molecule has 1 aliphatic carbocycles. The predicted octanol–water partition coefficient (Wildman–Crippen LogP) is 3.01. The number of rotatable bonds is 7. The van der Waals surface area contributed by atoms with Crippen molar-refractivity contribution < 1.29 is 19.1 Å². The molecular weight excluding hydrogens is 244 g/mol. The molecule has 1 fully saturated rings. The predicted molar refractivity (Wildman–Crippen MR) is 72.5 cm³/mol. The maximum atomic E-state index is 12.1. The lowest BCUT2D eigenvalue weighted by Crippen LogP contribution is -2.31. The highest BCUT2D eigenvalue weighted by Gasteiger charge is 2.31. The molecule has 1 aliphatic rings. The zero-order chi connectivity index (χ0) is 14.1. The number of esters is 2. The molecule has 0 aromatic heterocycles. The van der Waals surface area contributed by atoms with Gasteiger partial charge in [0.25, 0.3) is 0 Å². The van der Waals surface area contributed by atoms with Gasteiger partial charge in [-0.05, 0) is 45.4 Å². The van der Waals surface area contributed by atoms with Crippen LogP contribution >= 0.6 is 0 Å². The van der Waals surface area contributed by atoms with Gasteiger partial charge in [0.15, 0.2) is 5.92 Å². The third kappa shape index (κ3) is 5.45. The van der Waals surface area contributed by atoms with Crippen molar-refractivity contribution in [3.05, 3.63) is 12.7 Å². The standard InChI is InChI=1S/C15H24O4/c1-3-5-11-13(14(16)18-4-2)15(17)19-12-9-7-6-8-10-12/h3,12-13H,1,4-11H2,2H3. The first kappa shape index (κ1) is 15.7. The van der Waals surface area contributed by atoms with Gasteiger partial charge < -0.3 is 9.47 Å². The lowest BCUT2D eigenvalue weighted by molar-refractivity contribution is -0.166. The fourth-order valence-electron chi connectivity index (χ4n) is 2.29. The summed E-state index contributed by atoms with van der Waals surface area (Å²) >= 11 is 0. The first-order valence-electron chi connectivity index (χ1n) is 7.17. The molecule has 108 valence electrons. The maximum Gasteiger partial charge on any atom is 0.320 e. The van der Waals surface area contributed by atoms with E-state index < -0.39 is 17.9 Å². The fourth-order valence-corrected chi connectivity index (χ4v) is 2.29. The van der Waals surface area contributed by atoms with E-state index in [1.165, 1.54) is 6.42 Å². The van der Waals surface area contributed by atoms with Crippen molar-refractivity contribution >= 4 is 11.9 Å². The van der Waals surface area contributed by atoms with Crippen molar-refractivity contribution in [2.75, 3.05) is 6.61 Å². The molecule has 0 heterocycles. The molecule has 0 aromatic rings. The van der Waals surface area contributed by atoms with Crippen molar-refractivity contribution in [1.29, 1.82) is 0 Å². The molecule has 19 heavy (non-hydrogen) atoms. The Balaban J connectivity index is 2.53. The lowest BCUT2D eigenvalue weighted by Gasteiger charge is -2.24. The molecule has 0 saturated heterocycles. The van der Waals surface area contributed by atoms with Gasteiger partial charge in [-0.3, -0.25) is 9.59 Å². The summed E-state index contributed by atoms with van der Waals surface area (Å²) in [5, 5.41) is 0. The van der Waals surface area contributed by atoms with Crippen LogP contribution in [-0.4, -0.2) is 24.6 Å². The van der Waals surface area contributed by atoms with Gasteiger partial charge in [0.2, 0.25) is 0 Å². The Kier molecular flexibility index (Phi) is 7.23. The van der Waals surface area contributed by atoms with Crippen molar-refractivity contribution in [3.63, 3.8) is 0 Å². The van der Waals surface area contributed by atoms with E-state index in [-0.39, 0.29) is 12.7 Å². The molecule has 1 rings (SSSR count). The SMILES string of the molecule is C=CCCC(C(=O)OCC)C(=O)OC1CCCCC1. The van der Waals surface area contributed by atoms with E-state index >= 15 is 0 Å². The highest BCUT2D eigenvalue weighted by molar-refractivity contribution is 5.94. The average Bonchev–Trinajstić information content (AvgIpc) is 2.40. The van der Waals surface area contributed by atoms with E-state index in [4.69, 9.17) is 9.47 Å². The van der Waals surface area contributed by atoms with Crippen LogP contribution in [0.5, 0.6) is 0 Å². The second kappa shape index (κ2) is 8.73. The van der Waals surface area contributed by atoms with E-state index in [1.54, 1.807) is 13.0 Å². The van der Waals surface area contributed by atoms with Crippen LogP contribution < -0.4 is 0 Å². The van der Waals surface area contributed by atoms with Crippen LogP contribution in [0.4, 0.5) is 0 Å². The van der Waals surface area contributed by atoms with Crippen LogP contribution in [0, 0.1) is 5.92 Å². The molecule has 1 atom stereocenters. The van der Waals surface area contributed by atoms with E-state index in [9.17, 15) is 9.59 Å². The summed E-state index contributed by atoms with van der Waals surface area (Å²) in [5.41, 5.74) is 0. The Labute approximate surface area is 115 Å². The largest absolute Gasteiger partial charge is 0.465 e. The van der Waals surface area contributed by atoms with Crippen molar-refractivity contribution in [1.82, 2.24) is 0 Å². The average molecular weight is 268 g/mol. The van der Waals surface area contributed by atoms with Crippen LogP contribution in [0.15, 0.2) is 12.7 Å². The third-order valence-electron chi connectivity index (χ3n) is 3.35. The van der Waals surface area contributed by atoms with Gasteiger partial charge in [-0.2, -0.15) is 0 Å². The molecule has 0 bridgehead atoms. The topological polar surface area (TPSA) is 52.6 Å². The van der Waals surface area contributed by atoms with Crippen molar-refractivity contribution in [2.24, 2.45) is 5.92 Å². The van der Waals surface area contributed by atoms with Crippen LogP contribution in [-0.2, 0) is 19.1 Å². The quantitative estimate of drug-likeness (QED) is 0.404. The second-order valence-corrected chi connectivity index (χ2v) is 4.87. The summed E-state index contributed by atoms with van der Waals surface area (Å²) in [7, 11) is 0. The molecular formula is C15H24O4. The van der Waals surface area contributed by atoms with E-state index in [2.05, 4.69) is 6.58 Å². The number of carbonyl (C=O) groups excluding carboxylic acids is 2. The van der Waals surface area contributed by atoms with Crippen LogP contribution in [0.25, 0.3) is 0 Å². The van der Waals surface area contributed by atoms with Gasteiger partial charge in [-0.15, -0.1) is 6.58 Å². The minimum Gasteiger partial charge on any atom is -0.465 e. The third-order valence-corrected chi connectivity index (χ3v) is 3.35. The van der Waals surface area contributed by atoms with Crippen molar-refractivity contribution in [3.8, 4) is 0 Å². The van der Waals surface area contributed by atoms with Crippen LogP contribution in [0.3, 0.4) is 0 Å². The molecule has 4 heteroatoms. The molecule has 0 aliphatic heterocycles. The number of ether oxygens (including phenoxy) is 2. The monoisotopic (exact) mass is 268 g/mol. The number of allylic oxidation sites excluding steroid dienone is 1. The minimum atomic E-state index is -0.806. The van der Waals surface area contributed by atoms with Crippen molar-refractivity contribution in [2.45, 2.75) is 58.0 Å². The second-order valence-electron chi connectivity index (χ2n) is 4.87. The Morgan fingerprint density at radius 3 is 2.53 bits per heavy atom. The molecule has 1 saturated carbocycles. The molecule has 0 spiro atoms. The van der Waals surface area contributed by atoms with Gasteiger partial charge in [0.1, 0.15) is 6.10 Å². The first-order valence-corrected chi connectivity index (χ1v) is 7.17. The van der Waals surface area contributed by atoms with Crippen LogP contribution in [0.1, 0.15) is 51.9 Å². The fraction of sp³-hybridized carbons (Fsp3) is 0.733. The van der Waals surface area contributed by atoms with E-state index in [0.717, 1.165) is 25.7 Å². The molecule has 4 nitrogen and oxygen atoms in total. The van der Waals surface area contributed by atoms with Crippen LogP contribution in [0.2, 0.25) is 0 Å². The summed E-state index contributed by atoms with van der Waals surface area (Å²) in [6, 6.07) is 0. The zero-order valence-electron chi connectivity index (χ0n) is 11.7. The highest BCUT2D eigenvalue weighted by Crippen LogP contribution is 2.22. The van der Waals surface area contributed by atoms with E-state index in [0.29, 0.717) is 12.8 Å². The highest BCUT2D eigenvalue weighted by atomic mass is 16.6. The number of carbonyl (C=O) groups is 2. The van der Waals surface area contributed by atoms with Gasteiger partial charge in [-0.25, -0.2) is 0 Å². The Bertz CT molecular complexity index is 305. The summed E-state index contributed by atoms with van der Waals surface area (Å²) in [6.45, 7) is 5.62. The van der Waals surface area contributed by atoms with E-state index in [1.807, 2.05) is 0 Å². The normalized spacial score (nSPS) is 17.5. The first-order chi connectivity index (χ1) is 9.19. The Hall–Kier alpha value is -1.32. The molecule has 0 aromatic carbocycles. The van der Waals surface area contributed by atoms with Gasteiger partial charge >= 0.3 is 11.9 Å².